The van der Waals surface area contributed by atoms with E-state index in [9.17, 15) is 32.2 Å². The molecule has 1 amide bonds. The van der Waals surface area contributed by atoms with Gasteiger partial charge in [-0.25, -0.2) is 17.2 Å². The van der Waals surface area contributed by atoms with E-state index in [2.05, 4.69) is 5.32 Å². The van der Waals surface area contributed by atoms with Crippen molar-refractivity contribution in [1.82, 2.24) is 8.87 Å². The molecular weight excluding hydrogens is 480 g/mol. The molecule has 1 aromatic carbocycles. The number of anilines is 1. The lowest BCUT2D eigenvalue weighted by Crippen LogP contribution is -2.45. The summed E-state index contributed by atoms with van der Waals surface area (Å²) in [6, 6.07) is 2.12. The molecule has 3 N–H and O–H groups in total. The van der Waals surface area contributed by atoms with Gasteiger partial charge in [0.25, 0.3) is 5.91 Å². The first-order chi connectivity index (χ1) is 16.4. The summed E-state index contributed by atoms with van der Waals surface area (Å²) in [5, 5.41) is 22.4. The van der Waals surface area contributed by atoms with Gasteiger partial charge in [0.1, 0.15) is 10.6 Å². The highest BCUT2D eigenvalue weighted by molar-refractivity contribution is 7.89. The summed E-state index contributed by atoms with van der Waals surface area (Å²) in [6.07, 6.45) is 4.59. The fourth-order valence-corrected chi connectivity index (χ4v) is 7.39. The number of aliphatic hydroxyl groups is 2. The lowest BCUT2D eigenvalue weighted by atomic mass is 9.97. The van der Waals surface area contributed by atoms with Crippen LogP contribution in [0.1, 0.15) is 54.9 Å². The van der Waals surface area contributed by atoms with E-state index in [0.717, 1.165) is 12.1 Å². The van der Waals surface area contributed by atoms with E-state index in [1.54, 1.807) is 30.6 Å². The number of allylic oxidation sites excluding steroid dienone is 1. The van der Waals surface area contributed by atoms with Crippen LogP contribution in [0, 0.1) is 18.6 Å². The second-order valence-corrected chi connectivity index (χ2v) is 11.3. The Hall–Kier alpha value is -2.60. The second kappa shape index (κ2) is 9.12. The Morgan fingerprint density at radius 2 is 1.97 bits per heavy atom. The zero-order valence-electron chi connectivity index (χ0n) is 19.8. The standard InChI is InChI=1S/C24H29F2N3O5S/c1-14-6-8-17(12-24(3,32)13-30)29(14)35(33,34)22-15(2)21(28-10-4-5-20(22)28)23(31)27-16-7-9-18(25)19(26)11-16/h4-5,7,9,11,14,17,30,32H,6,8,10,12-13H2,1-3H3,(H,27,31). The number of carbonyl (C=O) groups excluding carboxylic acids is 1. The minimum Gasteiger partial charge on any atom is -0.393 e. The number of rotatable bonds is 7. The number of carbonyl (C=O) groups is 1. The third-order valence-corrected chi connectivity index (χ3v) is 8.95. The zero-order chi connectivity index (χ0) is 25.7. The summed E-state index contributed by atoms with van der Waals surface area (Å²) >= 11 is 0. The van der Waals surface area contributed by atoms with Gasteiger partial charge in [-0.1, -0.05) is 6.08 Å². The van der Waals surface area contributed by atoms with Crippen molar-refractivity contribution in [3.63, 3.8) is 0 Å². The SMILES string of the molecule is Cc1c(S(=O)(=O)N2C(C)CCC2CC(C)(O)CO)c2n(c1C(=O)Nc1ccc(F)c(F)c1)CC=C2. The van der Waals surface area contributed by atoms with Crippen molar-refractivity contribution in [3.8, 4) is 0 Å². The van der Waals surface area contributed by atoms with Gasteiger partial charge in [0, 0.05) is 35.9 Å². The van der Waals surface area contributed by atoms with Gasteiger partial charge >= 0.3 is 0 Å². The number of sulfonamides is 1. The molecule has 1 saturated heterocycles. The molecule has 11 heteroatoms. The van der Waals surface area contributed by atoms with Crippen LogP contribution in [-0.4, -0.2) is 57.7 Å². The van der Waals surface area contributed by atoms with Crippen LogP contribution < -0.4 is 5.32 Å². The molecule has 0 spiro atoms. The molecule has 1 aromatic heterocycles. The van der Waals surface area contributed by atoms with Crippen LogP contribution in [0.25, 0.3) is 6.08 Å². The molecule has 2 aliphatic heterocycles. The minimum atomic E-state index is -4.09. The van der Waals surface area contributed by atoms with Crippen LogP contribution in [0.2, 0.25) is 0 Å². The van der Waals surface area contributed by atoms with E-state index in [4.69, 9.17) is 0 Å². The largest absolute Gasteiger partial charge is 0.393 e. The van der Waals surface area contributed by atoms with Gasteiger partial charge in [-0.15, -0.1) is 0 Å². The molecule has 0 aliphatic carbocycles. The van der Waals surface area contributed by atoms with Crippen molar-refractivity contribution in [1.29, 1.82) is 0 Å². The molecule has 4 rings (SSSR count). The van der Waals surface area contributed by atoms with E-state index >= 15 is 0 Å². The quantitative estimate of drug-likeness (QED) is 0.531. The van der Waals surface area contributed by atoms with Crippen molar-refractivity contribution in [2.75, 3.05) is 11.9 Å². The van der Waals surface area contributed by atoms with Gasteiger partial charge in [0.15, 0.2) is 11.6 Å². The third kappa shape index (κ3) is 4.53. The van der Waals surface area contributed by atoms with Gasteiger partial charge in [-0.2, -0.15) is 4.31 Å². The monoisotopic (exact) mass is 509 g/mol. The number of nitrogens with zero attached hydrogens (tertiary/aromatic N) is 2. The molecule has 35 heavy (non-hydrogen) atoms. The molecule has 3 unspecified atom stereocenters. The molecule has 0 bridgehead atoms. The van der Waals surface area contributed by atoms with E-state index in [1.807, 2.05) is 0 Å². The number of nitrogens with one attached hydrogen (secondary N) is 1. The van der Waals surface area contributed by atoms with Crippen LogP contribution in [0.5, 0.6) is 0 Å². The van der Waals surface area contributed by atoms with Gasteiger partial charge < -0.3 is 20.1 Å². The van der Waals surface area contributed by atoms with Gasteiger partial charge in [-0.05, 0) is 58.2 Å². The average molecular weight is 510 g/mol. The first-order valence-electron chi connectivity index (χ1n) is 11.4. The topological polar surface area (TPSA) is 112 Å². The van der Waals surface area contributed by atoms with Gasteiger partial charge in [0.2, 0.25) is 10.0 Å². The Balaban J connectivity index is 1.74. The lowest BCUT2D eigenvalue weighted by molar-refractivity contribution is -0.0169. The molecule has 2 aliphatic rings. The summed E-state index contributed by atoms with van der Waals surface area (Å²) in [5.41, 5.74) is -0.672. The lowest BCUT2D eigenvalue weighted by Gasteiger charge is -2.32. The summed E-state index contributed by atoms with van der Waals surface area (Å²) in [6.45, 7) is 4.59. The van der Waals surface area contributed by atoms with E-state index in [0.29, 0.717) is 18.5 Å². The summed E-state index contributed by atoms with van der Waals surface area (Å²) < 4.78 is 57.8. The maximum atomic E-state index is 14.0. The molecule has 0 saturated carbocycles. The number of hydrogen-bond acceptors (Lipinski definition) is 5. The number of hydrogen-bond donors (Lipinski definition) is 3. The molecule has 190 valence electrons. The van der Waals surface area contributed by atoms with Crippen LogP contribution in [-0.2, 0) is 16.6 Å². The Morgan fingerprint density at radius 1 is 1.26 bits per heavy atom. The Kier molecular flexibility index (Phi) is 6.64. The molecular formula is C24H29F2N3O5S. The molecule has 2 aromatic rings. The number of fused-ring (bicyclic) bond motifs is 1. The molecule has 1 fully saturated rings. The smallest absolute Gasteiger partial charge is 0.272 e. The van der Waals surface area contributed by atoms with Crippen LogP contribution in [0.15, 0.2) is 29.2 Å². The fraction of sp³-hybridized carbons (Fsp3) is 0.458. The highest BCUT2D eigenvalue weighted by atomic mass is 32.2. The molecule has 3 atom stereocenters. The zero-order valence-corrected chi connectivity index (χ0v) is 20.6. The maximum Gasteiger partial charge on any atom is 0.272 e. The maximum absolute atomic E-state index is 14.0. The molecule has 8 nitrogen and oxygen atoms in total. The number of aromatic nitrogens is 1. The van der Waals surface area contributed by atoms with Crippen molar-refractivity contribution in [2.45, 2.75) is 69.2 Å². The summed E-state index contributed by atoms with van der Waals surface area (Å²) in [7, 11) is -4.09. The number of aliphatic hydroxyl groups excluding tert-OH is 1. The predicted octanol–water partition coefficient (Wildman–Crippen LogP) is 3.03. The van der Waals surface area contributed by atoms with Crippen LogP contribution >= 0.6 is 0 Å². The minimum absolute atomic E-state index is 0.00378. The summed E-state index contributed by atoms with van der Waals surface area (Å²) in [4.78, 5) is 13.2. The molecule has 3 heterocycles. The highest BCUT2D eigenvalue weighted by Crippen LogP contribution is 2.40. The number of halogens is 2. The average Bonchev–Trinajstić information content (AvgIpc) is 3.44. The van der Waals surface area contributed by atoms with Gasteiger partial charge in [-0.3, -0.25) is 4.79 Å². The van der Waals surface area contributed by atoms with E-state index in [-0.39, 0.29) is 40.8 Å². The van der Waals surface area contributed by atoms with Crippen molar-refractivity contribution < 1.29 is 32.2 Å². The summed E-state index contributed by atoms with van der Waals surface area (Å²) in [5.74, 6) is -2.80. The normalized spacial score (nSPS) is 21.8. The van der Waals surface area contributed by atoms with Crippen molar-refractivity contribution in [3.05, 3.63) is 52.9 Å². The third-order valence-electron chi connectivity index (χ3n) is 6.71. The van der Waals surface area contributed by atoms with E-state index in [1.165, 1.54) is 17.3 Å². The second-order valence-electron chi connectivity index (χ2n) is 9.56. The first kappa shape index (κ1) is 25.5. The number of amides is 1. The highest BCUT2D eigenvalue weighted by Gasteiger charge is 2.45. The van der Waals surface area contributed by atoms with Crippen molar-refractivity contribution >= 4 is 27.7 Å². The van der Waals surface area contributed by atoms with Crippen molar-refractivity contribution in [2.24, 2.45) is 0 Å². The van der Waals surface area contributed by atoms with E-state index < -0.39 is 45.8 Å². The Labute approximate surface area is 202 Å². The molecule has 0 radical (unpaired) electrons. The predicted molar refractivity (Wildman–Crippen MR) is 126 cm³/mol. The first-order valence-corrected chi connectivity index (χ1v) is 12.8. The van der Waals surface area contributed by atoms with Crippen LogP contribution in [0.4, 0.5) is 14.5 Å². The Bertz CT molecular complexity index is 1300. The Morgan fingerprint density at radius 3 is 2.63 bits per heavy atom. The fourth-order valence-electron chi connectivity index (χ4n) is 5.10. The van der Waals surface area contributed by atoms with Crippen LogP contribution in [0.3, 0.4) is 0 Å². The number of benzene rings is 1. The van der Waals surface area contributed by atoms with Gasteiger partial charge in [0.05, 0.1) is 17.9 Å².